The molecular formula is C21H31ClN2. The predicted octanol–water partition coefficient (Wildman–Crippen LogP) is 6.58. The molecule has 132 valence electrons. The van der Waals surface area contributed by atoms with Crippen molar-refractivity contribution in [3.05, 3.63) is 35.4 Å². The van der Waals surface area contributed by atoms with Crippen molar-refractivity contribution < 1.29 is 0 Å². The number of hydrogen-bond donors (Lipinski definition) is 0. The molecule has 0 radical (unpaired) electrons. The standard InChI is InChI=1S/C21H31ClN2/c1-2-3-16-4-8-18(9-5-16)20-14-23-21(24-15-20)19-10-6-17(7-11-19)12-13-22/h12-19H,2-11H2,1H3/b13-12+/t16-,17-,18-,19-. The second-order valence-electron chi connectivity index (χ2n) is 7.81. The number of aromatic nitrogens is 2. The Kier molecular flexibility index (Phi) is 6.71. The number of rotatable bonds is 5. The molecule has 0 atom stereocenters. The van der Waals surface area contributed by atoms with Gasteiger partial charge in [-0.1, -0.05) is 37.4 Å². The van der Waals surface area contributed by atoms with Gasteiger partial charge in [-0.2, -0.15) is 0 Å². The molecule has 0 unspecified atom stereocenters. The van der Waals surface area contributed by atoms with Crippen LogP contribution < -0.4 is 0 Å². The molecule has 2 saturated carbocycles. The highest BCUT2D eigenvalue weighted by atomic mass is 35.5. The molecule has 2 aliphatic rings. The summed E-state index contributed by atoms with van der Waals surface area (Å²) < 4.78 is 0. The van der Waals surface area contributed by atoms with Gasteiger partial charge in [0.15, 0.2) is 0 Å². The molecule has 1 aromatic heterocycles. The molecule has 3 heteroatoms. The molecule has 0 spiro atoms. The lowest BCUT2D eigenvalue weighted by molar-refractivity contribution is 0.307. The highest BCUT2D eigenvalue weighted by Crippen LogP contribution is 2.38. The van der Waals surface area contributed by atoms with Crippen molar-refractivity contribution in [3.63, 3.8) is 0 Å². The topological polar surface area (TPSA) is 25.8 Å². The first-order valence-electron chi connectivity index (χ1n) is 9.88. The highest BCUT2D eigenvalue weighted by molar-refractivity contribution is 6.25. The third-order valence-electron chi connectivity index (χ3n) is 6.19. The van der Waals surface area contributed by atoms with Gasteiger partial charge in [0.25, 0.3) is 0 Å². The van der Waals surface area contributed by atoms with E-state index in [1.165, 1.54) is 69.8 Å². The van der Waals surface area contributed by atoms with Crippen LogP contribution in [0.5, 0.6) is 0 Å². The van der Waals surface area contributed by atoms with Crippen LogP contribution in [-0.2, 0) is 0 Å². The summed E-state index contributed by atoms with van der Waals surface area (Å²) in [6, 6.07) is 0. The number of hydrogen-bond acceptors (Lipinski definition) is 2. The van der Waals surface area contributed by atoms with E-state index in [4.69, 9.17) is 21.6 Å². The fourth-order valence-corrected chi connectivity index (χ4v) is 4.84. The molecule has 0 bridgehead atoms. The SMILES string of the molecule is CCC[C@H]1CC[C@H](c2cnc([C@H]3CC[C@H](/C=C/Cl)CC3)nc2)CC1. The minimum Gasteiger partial charge on any atom is -0.241 e. The molecule has 2 nitrogen and oxygen atoms in total. The smallest absolute Gasteiger partial charge is 0.131 e. The van der Waals surface area contributed by atoms with Gasteiger partial charge in [0.2, 0.25) is 0 Å². The van der Waals surface area contributed by atoms with Crippen LogP contribution in [0.3, 0.4) is 0 Å². The minimum absolute atomic E-state index is 0.541. The van der Waals surface area contributed by atoms with Crippen molar-refractivity contribution in [2.75, 3.05) is 0 Å². The monoisotopic (exact) mass is 346 g/mol. The van der Waals surface area contributed by atoms with Crippen molar-refractivity contribution in [2.45, 2.75) is 83.0 Å². The van der Waals surface area contributed by atoms with Gasteiger partial charge in [-0.05, 0) is 74.7 Å². The van der Waals surface area contributed by atoms with E-state index in [9.17, 15) is 0 Å². The Balaban J connectivity index is 1.53. The van der Waals surface area contributed by atoms with Crippen molar-refractivity contribution in [2.24, 2.45) is 11.8 Å². The van der Waals surface area contributed by atoms with E-state index in [1.54, 1.807) is 5.54 Å². The molecule has 0 amide bonds. The van der Waals surface area contributed by atoms with Gasteiger partial charge < -0.3 is 0 Å². The Morgan fingerprint density at radius 1 is 0.958 bits per heavy atom. The van der Waals surface area contributed by atoms with Crippen LogP contribution in [0.2, 0.25) is 0 Å². The lowest BCUT2D eigenvalue weighted by Gasteiger charge is -2.29. The average Bonchev–Trinajstić information content (AvgIpc) is 2.64. The van der Waals surface area contributed by atoms with Crippen LogP contribution in [0.25, 0.3) is 0 Å². The van der Waals surface area contributed by atoms with E-state index < -0.39 is 0 Å². The van der Waals surface area contributed by atoms with Crippen molar-refractivity contribution in [1.29, 1.82) is 0 Å². The van der Waals surface area contributed by atoms with Gasteiger partial charge >= 0.3 is 0 Å². The lowest BCUT2D eigenvalue weighted by atomic mass is 9.78. The van der Waals surface area contributed by atoms with Crippen LogP contribution >= 0.6 is 11.6 Å². The van der Waals surface area contributed by atoms with Gasteiger partial charge in [0.1, 0.15) is 5.82 Å². The normalized spacial score (nSPS) is 31.4. The molecule has 0 aromatic carbocycles. The molecule has 3 rings (SSSR count). The van der Waals surface area contributed by atoms with Gasteiger partial charge in [-0.15, -0.1) is 0 Å². The van der Waals surface area contributed by atoms with Gasteiger partial charge in [0, 0.05) is 23.8 Å². The van der Waals surface area contributed by atoms with Crippen LogP contribution in [-0.4, -0.2) is 9.97 Å². The Bertz CT molecular complexity index is 509. The van der Waals surface area contributed by atoms with Crippen molar-refractivity contribution >= 4 is 11.6 Å². The third kappa shape index (κ3) is 4.59. The molecule has 0 N–H and O–H groups in total. The average molecular weight is 347 g/mol. The molecule has 24 heavy (non-hydrogen) atoms. The van der Waals surface area contributed by atoms with Crippen LogP contribution in [0.15, 0.2) is 24.0 Å². The van der Waals surface area contributed by atoms with E-state index in [1.807, 2.05) is 0 Å². The molecule has 2 aliphatic carbocycles. The van der Waals surface area contributed by atoms with E-state index in [0.29, 0.717) is 17.8 Å². The number of nitrogens with zero attached hydrogens (tertiary/aromatic N) is 2. The first-order chi connectivity index (χ1) is 11.8. The summed E-state index contributed by atoms with van der Waals surface area (Å²) in [5.74, 6) is 3.91. The Morgan fingerprint density at radius 2 is 1.58 bits per heavy atom. The third-order valence-corrected chi connectivity index (χ3v) is 6.33. The maximum absolute atomic E-state index is 5.70. The summed E-state index contributed by atoms with van der Waals surface area (Å²) in [5.41, 5.74) is 3.04. The zero-order chi connectivity index (χ0) is 16.8. The Morgan fingerprint density at radius 3 is 2.17 bits per heavy atom. The summed E-state index contributed by atoms with van der Waals surface area (Å²) in [7, 11) is 0. The van der Waals surface area contributed by atoms with E-state index in [-0.39, 0.29) is 0 Å². The van der Waals surface area contributed by atoms with Crippen LogP contribution in [0.1, 0.15) is 94.4 Å². The highest BCUT2D eigenvalue weighted by Gasteiger charge is 2.25. The van der Waals surface area contributed by atoms with E-state index in [2.05, 4.69) is 25.4 Å². The maximum atomic E-state index is 5.70. The van der Waals surface area contributed by atoms with Crippen LogP contribution in [0, 0.1) is 11.8 Å². The number of halogens is 1. The summed E-state index contributed by atoms with van der Waals surface area (Å²) in [5, 5.41) is 0. The fourth-order valence-electron chi connectivity index (χ4n) is 4.64. The summed E-state index contributed by atoms with van der Waals surface area (Å²) in [6.45, 7) is 2.30. The minimum atomic E-state index is 0.541. The first-order valence-corrected chi connectivity index (χ1v) is 10.3. The molecule has 1 aromatic rings. The molecule has 0 saturated heterocycles. The summed E-state index contributed by atoms with van der Waals surface area (Å²) in [6.07, 6.45) is 19.3. The van der Waals surface area contributed by atoms with E-state index >= 15 is 0 Å². The predicted molar refractivity (Wildman–Crippen MR) is 101 cm³/mol. The first kappa shape index (κ1) is 17.9. The van der Waals surface area contributed by atoms with Crippen molar-refractivity contribution in [1.82, 2.24) is 9.97 Å². The van der Waals surface area contributed by atoms with Gasteiger partial charge in [-0.25, -0.2) is 9.97 Å². The summed E-state index contributed by atoms with van der Waals surface area (Å²) in [4.78, 5) is 9.50. The quantitative estimate of drug-likeness (QED) is 0.602. The molecule has 2 fully saturated rings. The Hall–Kier alpha value is -0.890. The lowest BCUT2D eigenvalue weighted by Crippen LogP contribution is -2.16. The van der Waals surface area contributed by atoms with Crippen LogP contribution in [0.4, 0.5) is 0 Å². The van der Waals surface area contributed by atoms with Gasteiger partial charge in [-0.3, -0.25) is 0 Å². The molecule has 0 aliphatic heterocycles. The maximum Gasteiger partial charge on any atom is 0.131 e. The van der Waals surface area contributed by atoms with E-state index in [0.717, 1.165) is 11.7 Å². The van der Waals surface area contributed by atoms with Crippen molar-refractivity contribution in [3.8, 4) is 0 Å². The fraction of sp³-hybridized carbons (Fsp3) is 0.714. The second-order valence-corrected chi connectivity index (χ2v) is 8.06. The second kappa shape index (κ2) is 8.99. The number of allylic oxidation sites excluding steroid dienone is 1. The zero-order valence-electron chi connectivity index (χ0n) is 15.0. The summed E-state index contributed by atoms with van der Waals surface area (Å²) >= 11 is 5.70. The molecule has 1 heterocycles. The zero-order valence-corrected chi connectivity index (χ0v) is 15.7. The molecular weight excluding hydrogens is 316 g/mol. The largest absolute Gasteiger partial charge is 0.241 e. The van der Waals surface area contributed by atoms with Gasteiger partial charge in [0.05, 0.1) is 0 Å². The Labute approximate surface area is 152 Å².